The highest BCUT2D eigenvalue weighted by molar-refractivity contribution is 6.23. The van der Waals surface area contributed by atoms with E-state index >= 15 is 0 Å². The molecular weight excluding hydrogens is 565 g/mol. The Morgan fingerprint density at radius 1 is 0.340 bits per heavy atom. The molecular formula is C47H32. The van der Waals surface area contributed by atoms with Gasteiger partial charge >= 0.3 is 0 Å². The Hall–Kier alpha value is -5.72. The monoisotopic (exact) mass is 596 g/mol. The summed E-state index contributed by atoms with van der Waals surface area (Å²) in [5.74, 6) is 0. The van der Waals surface area contributed by atoms with Crippen LogP contribution in [0.5, 0.6) is 0 Å². The molecule has 0 amide bonds. The summed E-state index contributed by atoms with van der Waals surface area (Å²) in [5.41, 5.74) is 10.5. The largest absolute Gasteiger partial charge is 0.0616 e. The quantitative estimate of drug-likeness (QED) is 0.174. The van der Waals surface area contributed by atoms with Gasteiger partial charge in [-0.1, -0.05) is 147 Å². The standard InChI is InChI=1S/C47H32/c1-47(2)43-28-42-41(27-40(43)39-24-23-31-13-7-8-16-36(31)46(39)47)44(34-21-19-29-11-3-5-14-32(29)25-34)37-17-9-10-18-38(37)45(42)35-22-20-30-12-4-6-15-33(30)26-35/h3-28H,1-2H3. The van der Waals surface area contributed by atoms with E-state index in [1.54, 1.807) is 0 Å². The Labute approximate surface area is 274 Å². The SMILES string of the molecule is CC1(C)c2cc3c(-c4ccc5ccccc5c4)c4ccccc4c(-c4ccc5ccccc5c4)c3cc2-c2ccc3ccccc3c21. The Morgan fingerprint density at radius 2 is 0.809 bits per heavy atom. The third kappa shape index (κ3) is 3.76. The molecule has 0 N–H and O–H groups in total. The summed E-state index contributed by atoms with van der Waals surface area (Å²) in [6.07, 6.45) is 0. The van der Waals surface area contributed by atoms with Gasteiger partial charge < -0.3 is 0 Å². The molecule has 0 bridgehead atoms. The van der Waals surface area contributed by atoms with Crippen molar-refractivity contribution in [3.05, 3.63) is 169 Å². The van der Waals surface area contributed by atoms with Gasteiger partial charge in [0, 0.05) is 5.41 Å². The van der Waals surface area contributed by atoms with Gasteiger partial charge in [0.1, 0.15) is 0 Å². The molecule has 0 atom stereocenters. The summed E-state index contributed by atoms with van der Waals surface area (Å²) in [7, 11) is 0. The molecule has 0 aliphatic heterocycles. The summed E-state index contributed by atoms with van der Waals surface area (Å²) < 4.78 is 0. The van der Waals surface area contributed by atoms with Gasteiger partial charge in [-0.2, -0.15) is 0 Å². The molecule has 9 aromatic rings. The Balaban J connectivity index is 1.38. The van der Waals surface area contributed by atoms with Crippen molar-refractivity contribution in [1.29, 1.82) is 0 Å². The lowest BCUT2D eigenvalue weighted by molar-refractivity contribution is 0.667. The van der Waals surface area contributed by atoms with E-state index in [-0.39, 0.29) is 5.41 Å². The normalized spacial score (nSPS) is 13.5. The van der Waals surface area contributed by atoms with Crippen LogP contribution in [0.2, 0.25) is 0 Å². The van der Waals surface area contributed by atoms with Crippen LogP contribution in [-0.2, 0) is 5.41 Å². The first-order valence-electron chi connectivity index (χ1n) is 16.6. The van der Waals surface area contributed by atoms with Crippen molar-refractivity contribution in [3.63, 3.8) is 0 Å². The number of hydrogen-bond donors (Lipinski definition) is 0. The van der Waals surface area contributed by atoms with Gasteiger partial charge in [-0.3, -0.25) is 0 Å². The van der Waals surface area contributed by atoms with Crippen LogP contribution in [0.3, 0.4) is 0 Å². The number of fused-ring (bicyclic) bond motifs is 9. The second-order valence-electron chi connectivity index (χ2n) is 13.7. The van der Waals surface area contributed by atoms with Crippen molar-refractivity contribution in [2.24, 2.45) is 0 Å². The molecule has 0 spiro atoms. The van der Waals surface area contributed by atoms with Crippen molar-refractivity contribution in [2.75, 3.05) is 0 Å². The maximum absolute atomic E-state index is 2.54. The third-order valence-corrected chi connectivity index (χ3v) is 10.8. The van der Waals surface area contributed by atoms with Crippen molar-refractivity contribution < 1.29 is 0 Å². The van der Waals surface area contributed by atoms with E-state index in [1.807, 2.05) is 0 Å². The number of hydrogen-bond acceptors (Lipinski definition) is 0. The van der Waals surface area contributed by atoms with E-state index in [2.05, 4.69) is 172 Å². The zero-order chi connectivity index (χ0) is 31.3. The summed E-state index contributed by atoms with van der Waals surface area (Å²) in [4.78, 5) is 0. The number of rotatable bonds is 2. The summed E-state index contributed by atoms with van der Waals surface area (Å²) >= 11 is 0. The Kier molecular flexibility index (Phi) is 5.44. The van der Waals surface area contributed by atoms with E-state index < -0.39 is 0 Å². The van der Waals surface area contributed by atoms with E-state index in [0.717, 1.165) is 0 Å². The van der Waals surface area contributed by atoms with Crippen molar-refractivity contribution in [3.8, 4) is 33.4 Å². The first-order chi connectivity index (χ1) is 23.1. The Morgan fingerprint density at radius 3 is 1.40 bits per heavy atom. The highest BCUT2D eigenvalue weighted by Gasteiger charge is 2.37. The average molecular weight is 597 g/mol. The zero-order valence-electron chi connectivity index (χ0n) is 26.5. The maximum atomic E-state index is 2.54. The predicted octanol–water partition coefficient (Wildman–Crippen LogP) is 13.1. The first-order valence-corrected chi connectivity index (χ1v) is 16.6. The van der Waals surface area contributed by atoms with Gasteiger partial charge in [0.05, 0.1) is 0 Å². The van der Waals surface area contributed by atoms with Gasteiger partial charge in [-0.25, -0.2) is 0 Å². The fourth-order valence-electron chi connectivity index (χ4n) is 8.58. The minimum Gasteiger partial charge on any atom is -0.0616 e. The summed E-state index contributed by atoms with van der Waals surface area (Å²) in [5, 5.41) is 12.9. The van der Waals surface area contributed by atoms with E-state index in [1.165, 1.54) is 98.4 Å². The molecule has 47 heavy (non-hydrogen) atoms. The molecule has 0 heteroatoms. The van der Waals surface area contributed by atoms with E-state index in [0.29, 0.717) is 0 Å². The average Bonchev–Trinajstić information content (AvgIpc) is 3.34. The Bertz CT molecular complexity index is 2760. The first kappa shape index (κ1) is 26.5. The predicted molar refractivity (Wildman–Crippen MR) is 202 cm³/mol. The van der Waals surface area contributed by atoms with Crippen LogP contribution in [-0.4, -0.2) is 0 Å². The smallest absolute Gasteiger partial charge is 0.0165 e. The molecule has 0 saturated heterocycles. The molecule has 0 unspecified atom stereocenters. The van der Waals surface area contributed by atoms with Crippen molar-refractivity contribution in [2.45, 2.75) is 19.3 Å². The van der Waals surface area contributed by atoms with Gasteiger partial charge in [0.2, 0.25) is 0 Å². The van der Waals surface area contributed by atoms with Crippen molar-refractivity contribution >= 4 is 53.9 Å². The lowest BCUT2D eigenvalue weighted by Crippen LogP contribution is -2.15. The summed E-state index contributed by atoms with van der Waals surface area (Å²) in [6, 6.07) is 59.0. The number of benzene rings is 9. The van der Waals surface area contributed by atoms with Crippen LogP contribution in [0, 0.1) is 0 Å². The van der Waals surface area contributed by atoms with Gasteiger partial charge in [0.15, 0.2) is 0 Å². The molecule has 1 aliphatic carbocycles. The van der Waals surface area contributed by atoms with Crippen LogP contribution < -0.4 is 0 Å². The molecule has 0 radical (unpaired) electrons. The lowest BCUT2D eigenvalue weighted by Gasteiger charge is -2.25. The second kappa shape index (κ2) is 9.64. The molecule has 0 aromatic heterocycles. The molecule has 0 saturated carbocycles. The third-order valence-electron chi connectivity index (χ3n) is 10.8. The van der Waals surface area contributed by atoms with Gasteiger partial charge in [0.25, 0.3) is 0 Å². The minimum absolute atomic E-state index is 0.144. The molecule has 9 aromatic carbocycles. The molecule has 0 nitrogen and oxygen atoms in total. The second-order valence-corrected chi connectivity index (χ2v) is 13.7. The topological polar surface area (TPSA) is 0 Å². The maximum Gasteiger partial charge on any atom is 0.0165 e. The molecule has 1 aliphatic rings. The lowest BCUT2D eigenvalue weighted by atomic mass is 9.78. The highest BCUT2D eigenvalue weighted by atomic mass is 14.4. The van der Waals surface area contributed by atoms with Crippen LogP contribution in [0.25, 0.3) is 87.2 Å². The van der Waals surface area contributed by atoms with Crippen LogP contribution in [0.4, 0.5) is 0 Å². The zero-order valence-corrected chi connectivity index (χ0v) is 26.5. The molecule has 0 heterocycles. The van der Waals surface area contributed by atoms with E-state index in [4.69, 9.17) is 0 Å². The molecule has 220 valence electrons. The highest BCUT2D eigenvalue weighted by Crippen LogP contribution is 2.55. The summed E-state index contributed by atoms with van der Waals surface area (Å²) in [6.45, 7) is 4.83. The van der Waals surface area contributed by atoms with Crippen LogP contribution in [0.15, 0.2) is 158 Å². The van der Waals surface area contributed by atoms with Gasteiger partial charge in [-0.05, 0) is 123 Å². The van der Waals surface area contributed by atoms with Gasteiger partial charge in [-0.15, -0.1) is 0 Å². The fraction of sp³-hybridized carbons (Fsp3) is 0.0638. The fourth-order valence-corrected chi connectivity index (χ4v) is 8.58. The minimum atomic E-state index is -0.144. The van der Waals surface area contributed by atoms with Crippen molar-refractivity contribution in [1.82, 2.24) is 0 Å². The van der Waals surface area contributed by atoms with E-state index in [9.17, 15) is 0 Å². The molecule has 0 fully saturated rings. The molecule has 10 rings (SSSR count). The van der Waals surface area contributed by atoms with Crippen LogP contribution in [0.1, 0.15) is 25.0 Å². The van der Waals surface area contributed by atoms with Crippen LogP contribution >= 0.6 is 0 Å².